The fourth-order valence-corrected chi connectivity index (χ4v) is 7.73. The Balaban J connectivity index is 1.36. The fourth-order valence-electron chi connectivity index (χ4n) is 5.06. The molecule has 0 radical (unpaired) electrons. The molecule has 1 aliphatic heterocycles. The number of thiophene rings is 1. The van der Waals surface area contributed by atoms with Crippen LogP contribution >= 0.6 is 11.3 Å². The number of piperidine rings is 1. The standard InChI is InChI=1S/C19H28N2O3S2/c22-19(20-17-9-8-14-4-1-5-15(14)12-17)16-6-2-10-21(13-16)26(23,24)18-7-3-11-25-18/h3,7,11,14-17H,1-2,4-6,8-10,12-13H2,(H,20,22)/t14-,15+,16-,17+/m0/s1. The lowest BCUT2D eigenvalue weighted by atomic mass is 9.79. The molecule has 2 aliphatic carbocycles. The van der Waals surface area contributed by atoms with Crippen molar-refractivity contribution < 1.29 is 13.2 Å². The number of hydrogen-bond donors (Lipinski definition) is 1. The second kappa shape index (κ2) is 7.60. The first kappa shape index (κ1) is 18.4. The zero-order valence-electron chi connectivity index (χ0n) is 15.1. The zero-order valence-corrected chi connectivity index (χ0v) is 16.7. The van der Waals surface area contributed by atoms with Crippen molar-refractivity contribution in [1.82, 2.24) is 9.62 Å². The molecule has 0 spiro atoms. The first-order valence-corrected chi connectivity index (χ1v) is 12.2. The van der Waals surface area contributed by atoms with Crippen molar-refractivity contribution in [2.24, 2.45) is 17.8 Å². The van der Waals surface area contributed by atoms with E-state index < -0.39 is 10.0 Å². The molecule has 1 aromatic heterocycles. The van der Waals surface area contributed by atoms with Crippen LogP contribution in [0.3, 0.4) is 0 Å². The molecule has 2 heterocycles. The highest BCUT2D eigenvalue weighted by atomic mass is 32.2. The average molecular weight is 397 g/mol. The molecule has 5 nitrogen and oxygen atoms in total. The third-order valence-corrected chi connectivity index (χ3v) is 9.72. The molecule has 1 N–H and O–H groups in total. The van der Waals surface area contributed by atoms with Crippen molar-refractivity contribution in [3.63, 3.8) is 0 Å². The summed E-state index contributed by atoms with van der Waals surface area (Å²) < 4.78 is 27.3. The number of nitrogens with one attached hydrogen (secondary N) is 1. The Bertz CT molecular complexity index is 732. The van der Waals surface area contributed by atoms with Crippen LogP contribution in [0.4, 0.5) is 0 Å². The van der Waals surface area contributed by atoms with Gasteiger partial charge in [-0.05, 0) is 55.4 Å². The lowest BCUT2D eigenvalue weighted by Gasteiger charge is -2.35. The topological polar surface area (TPSA) is 66.5 Å². The highest BCUT2D eigenvalue weighted by Gasteiger charge is 2.37. The summed E-state index contributed by atoms with van der Waals surface area (Å²) in [6.07, 6.45) is 8.97. The van der Waals surface area contributed by atoms with Crippen LogP contribution in [0, 0.1) is 17.8 Å². The molecule has 26 heavy (non-hydrogen) atoms. The monoisotopic (exact) mass is 396 g/mol. The summed E-state index contributed by atoms with van der Waals surface area (Å²) >= 11 is 1.24. The molecule has 1 saturated heterocycles. The summed E-state index contributed by atoms with van der Waals surface area (Å²) in [6.45, 7) is 0.821. The predicted molar refractivity (Wildman–Crippen MR) is 102 cm³/mol. The molecule has 7 heteroatoms. The van der Waals surface area contributed by atoms with Gasteiger partial charge in [0, 0.05) is 19.1 Å². The Hall–Kier alpha value is -0.920. The molecule has 144 valence electrons. The minimum absolute atomic E-state index is 0.0533. The number of nitrogens with zero attached hydrogens (tertiary/aromatic N) is 1. The van der Waals surface area contributed by atoms with Crippen LogP contribution in [0.2, 0.25) is 0 Å². The summed E-state index contributed by atoms with van der Waals surface area (Å²) in [5.41, 5.74) is 0. The van der Waals surface area contributed by atoms with Gasteiger partial charge < -0.3 is 5.32 Å². The van der Waals surface area contributed by atoms with E-state index in [0.29, 0.717) is 17.3 Å². The summed E-state index contributed by atoms with van der Waals surface area (Å²) in [4.78, 5) is 12.8. The van der Waals surface area contributed by atoms with Crippen LogP contribution in [-0.2, 0) is 14.8 Å². The first-order chi connectivity index (χ1) is 12.5. The van der Waals surface area contributed by atoms with Crippen LogP contribution in [-0.4, -0.2) is 37.8 Å². The molecule has 4 atom stereocenters. The molecule has 0 unspecified atom stereocenters. The van der Waals surface area contributed by atoms with Crippen molar-refractivity contribution in [3.8, 4) is 0 Å². The third kappa shape index (κ3) is 3.71. The quantitative estimate of drug-likeness (QED) is 0.850. The lowest BCUT2D eigenvalue weighted by molar-refractivity contribution is -0.127. The molecular formula is C19H28N2O3S2. The van der Waals surface area contributed by atoms with Crippen molar-refractivity contribution in [3.05, 3.63) is 17.5 Å². The van der Waals surface area contributed by atoms with E-state index >= 15 is 0 Å². The molecule has 3 aliphatic rings. The van der Waals surface area contributed by atoms with Crippen LogP contribution in [0.1, 0.15) is 51.4 Å². The molecule has 2 saturated carbocycles. The number of fused-ring (bicyclic) bond motifs is 1. The second-order valence-corrected chi connectivity index (χ2v) is 11.2. The largest absolute Gasteiger partial charge is 0.353 e. The summed E-state index contributed by atoms with van der Waals surface area (Å²) in [7, 11) is -3.46. The van der Waals surface area contributed by atoms with Gasteiger partial charge in [0.15, 0.2) is 0 Å². The lowest BCUT2D eigenvalue weighted by Crippen LogP contribution is -2.48. The Morgan fingerprint density at radius 3 is 2.77 bits per heavy atom. The van der Waals surface area contributed by atoms with Gasteiger partial charge in [0.1, 0.15) is 4.21 Å². The number of sulfonamides is 1. The Kier molecular flexibility index (Phi) is 5.39. The van der Waals surface area contributed by atoms with Crippen LogP contribution < -0.4 is 5.32 Å². The number of carbonyl (C=O) groups is 1. The van der Waals surface area contributed by atoms with Gasteiger partial charge in [-0.1, -0.05) is 25.3 Å². The maximum absolute atomic E-state index is 12.8. The Morgan fingerprint density at radius 2 is 1.96 bits per heavy atom. The van der Waals surface area contributed by atoms with E-state index in [4.69, 9.17) is 0 Å². The van der Waals surface area contributed by atoms with Gasteiger partial charge in [-0.3, -0.25) is 4.79 Å². The van der Waals surface area contributed by atoms with Crippen molar-refractivity contribution in [1.29, 1.82) is 0 Å². The maximum atomic E-state index is 12.8. The Labute approximate surface area is 160 Å². The second-order valence-electron chi connectivity index (χ2n) is 8.10. The van der Waals surface area contributed by atoms with E-state index in [1.165, 1.54) is 41.3 Å². The molecule has 1 amide bonds. The first-order valence-electron chi connectivity index (χ1n) is 9.88. The van der Waals surface area contributed by atoms with Crippen molar-refractivity contribution in [2.75, 3.05) is 13.1 Å². The minimum atomic E-state index is -3.46. The fraction of sp³-hybridized carbons (Fsp3) is 0.737. The molecule has 4 rings (SSSR count). The summed E-state index contributed by atoms with van der Waals surface area (Å²) in [5.74, 6) is 1.50. The smallest absolute Gasteiger partial charge is 0.252 e. The SMILES string of the molecule is O=C(N[C@@H]1CC[C@@H]2CCC[C@@H]2C1)[C@H]1CCCN(S(=O)(=O)c2cccs2)C1. The van der Waals surface area contributed by atoms with E-state index in [-0.39, 0.29) is 17.9 Å². The third-order valence-electron chi connectivity index (χ3n) is 6.48. The van der Waals surface area contributed by atoms with Gasteiger partial charge in [0.05, 0.1) is 5.92 Å². The highest BCUT2D eigenvalue weighted by molar-refractivity contribution is 7.91. The van der Waals surface area contributed by atoms with Crippen LogP contribution in [0.5, 0.6) is 0 Å². The predicted octanol–water partition coefficient (Wildman–Crippen LogP) is 3.23. The molecule has 0 aromatic carbocycles. The molecule has 1 aromatic rings. The van der Waals surface area contributed by atoms with Gasteiger partial charge in [-0.25, -0.2) is 8.42 Å². The van der Waals surface area contributed by atoms with Crippen LogP contribution in [0.25, 0.3) is 0 Å². The highest BCUT2D eigenvalue weighted by Crippen LogP contribution is 2.42. The maximum Gasteiger partial charge on any atom is 0.252 e. The normalized spacial score (nSPS) is 32.9. The van der Waals surface area contributed by atoms with E-state index in [2.05, 4.69) is 5.32 Å². The minimum Gasteiger partial charge on any atom is -0.353 e. The number of hydrogen-bond acceptors (Lipinski definition) is 4. The van der Waals surface area contributed by atoms with E-state index in [1.54, 1.807) is 17.5 Å². The van der Waals surface area contributed by atoms with Gasteiger partial charge >= 0.3 is 0 Å². The zero-order chi connectivity index (χ0) is 18.1. The molecule has 3 fully saturated rings. The Morgan fingerprint density at radius 1 is 1.12 bits per heavy atom. The van der Waals surface area contributed by atoms with Crippen molar-refractivity contribution >= 4 is 27.3 Å². The summed E-state index contributed by atoms with van der Waals surface area (Å²) in [6, 6.07) is 3.68. The van der Waals surface area contributed by atoms with Gasteiger partial charge in [-0.2, -0.15) is 4.31 Å². The number of amides is 1. The van der Waals surface area contributed by atoms with Gasteiger partial charge in [-0.15, -0.1) is 11.3 Å². The van der Waals surface area contributed by atoms with E-state index in [1.807, 2.05) is 0 Å². The number of rotatable bonds is 4. The van der Waals surface area contributed by atoms with Crippen molar-refractivity contribution in [2.45, 2.75) is 61.6 Å². The summed E-state index contributed by atoms with van der Waals surface area (Å²) in [5, 5.41) is 5.03. The van der Waals surface area contributed by atoms with Gasteiger partial charge in [0.2, 0.25) is 5.91 Å². The van der Waals surface area contributed by atoms with Crippen LogP contribution in [0.15, 0.2) is 21.7 Å². The molecule has 0 bridgehead atoms. The van der Waals surface area contributed by atoms with E-state index in [9.17, 15) is 13.2 Å². The van der Waals surface area contributed by atoms with Gasteiger partial charge in [0.25, 0.3) is 10.0 Å². The molecular weight excluding hydrogens is 368 g/mol. The average Bonchev–Trinajstić information content (AvgIpc) is 3.33. The number of carbonyl (C=O) groups excluding carboxylic acids is 1. The van der Waals surface area contributed by atoms with E-state index in [0.717, 1.165) is 37.5 Å².